The van der Waals surface area contributed by atoms with Gasteiger partial charge in [-0.25, -0.2) is 0 Å². The van der Waals surface area contributed by atoms with Crippen molar-refractivity contribution in [2.75, 3.05) is 6.61 Å². The molecule has 1 heterocycles. The van der Waals surface area contributed by atoms with Gasteiger partial charge < -0.3 is 9.47 Å². The van der Waals surface area contributed by atoms with E-state index >= 15 is 0 Å². The summed E-state index contributed by atoms with van der Waals surface area (Å²) in [6.45, 7) is 8.30. The van der Waals surface area contributed by atoms with Gasteiger partial charge in [-0.1, -0.05) is 30.1 Å². The highest BCUT2D eigenvalue weighted by atomic mass is 35.5. The maximum absolute atomic E-state index is 12.8. The van der Waals surface area contributed by atoms with Crippen LogP contribution in [-0.2, 0) is 4.74 Å². The highest BCUT2D eigenvalue weighted by molar-refractivity contribution is 6.37. The second kappa shape index (κ2) is 6.55. The minimum Gasteiger partial charge on any atom is -0.492 e. The highest BCUT2D eigenvalue weighted by Crippen LogP contribution is 2.38. The summed E-state index contributed by atoms with van der Waals surface area (Å²) in [7, 11) is 0. The van der Waals surface area contributed by atoms with Crippen molar-refractivity contribution in [3.05, 3.63) is 27.7 Å². The molecule has 21 heavy (non-hydrogen) atoms. The van der Waals surface area contributed by atoms with E-state index < -0.39 is 0 Å². The summed E-state index contributed by atoms with van der Waals surface area (Å²) in [6, 6.07) is 3.20. The molecule has 116 valence electrons. The number of hydrogen-bond donors (Lipinski definition) is 0. The van der Waals surface area contributed by atoms with Crippen molar-refractivity contribution < 1.29 is 14.3 Å². The Morgan fingerprint density at radius 3 is 2.38 bits per heavy atom. The summed E-state index contributed by atoms with van der Waals surface area (Å²) in [6.07, 6.45) is -0.0604. The zero-order valence-electron chi connectivity index (χ0n) is 12.7. The van der Waals surface area contributed by atoms with Gasteiger partial charge in [0.15, 0.2) is 5.78 Å². The van der Waals surface area contributed by atoms with Crippen molar-refractivity contribution in [1.29, 1.82) is 0 Å². The Morgan fingerprint density at radius 2 is 1.86 bits per heavy atom. The van der Waals surface area contributed by atoms with E-state index in [1.807, 2.05) is 27.7 Å². The lowest BCUT2D eigenvalue weighted by molar-refractivity contribution is 0.0491. The minimum atomic E-state index is -0.202. The lowest BCUT2D eigenvalue weighted by Crippen LogP contribution is -2.27. The van der Waals surface area contributed by atoms with E-state index in [0.717, 1.165) is 0 Å². The third-order valence-electron chi connectivity index (χ3n) is 4.13. The van der Waals surface area contributed by atoms with Crippen molar-refractivity contribution in [2.24, 2.45) is 11.8 Å². The summed E-state index contributed by atoms with van der Waals surface area (Å²) < 4.78 is 11.1. The van der Waals surface area contributed by atoms with Crippen LogP contribution in [0.1, 0.15) is 38.1 Å². The van der Waals surface area contributed by atoms with Gasteiger partial charge in [0.2, 0.25) is 0 Å². The molecule has 1 fully saturated rings. The first kappa shape index (κ1) is 16.6. The quantitative estimate of drug-likeness (QED) is 0.754. The van der Waals surface area contributed by atoms with Gasteiger partial charge in [-0.3, -0.25) is 4.79 Å². The first-order chi connectivity index (χ1) is 9.86. The van der Waals surface area contributed by atoms with Crippen LogP contribution in [0.5, 0.6) is 5.75 Å². The molecule has 3 nitrogen and oxygen atoms in total. The Bertz CT molecular complexity index is 545. The largest absolute Gasteiger partial charge is 0.492 e. The van der Waals surface area contributed by atoms with E-state index in [2.05, 4.69) is 0 Å². The van der Waals surface area contributed by atoms with Crippen LogP contribution in [0.4, 0.5) is 0 Å². The van der Waals surface area contributed by atoms with Crippen molar-refractivity contribution in [3.8, 4) is 5.75 Å². The fourth-order valence-electron chi connectivity index (χ4n) is 2.88. The lowest BCUT2D eigenvalue weighted by atomic mass is 9.83. The zero-order valence-corrected chi connectivity index (χ0v) is 14.2. The fourth-order valence-corrected chi connectivity index (χ4v) is 3.35. The SMILES string of the molecule is CCOc1cc(Cl)c(C(=O)C2C(C)OC(C)C2C)cc1Cl. The van der Waals surface area contributed by atoms with Gasteiger partial charge in [-0.05, 0) is 32.8 Å². The standard InChI is InChI=1S/C16H20Cl2O3/c1-5-20-14-7-12(17)11(6-13(14)18)16(19)15-8(2)9(3)21-10(15)4/h6-10,15H,5H2,1-4H3. The van der Waals surface area contributed by atoms with Crippen LogP contribution in [0.3, 0.4) is 0 Å². The third kappa shape index (κ3) is 3.20. The topological polar surface area (TPSA) is 35.5 Å². The molecule has 0 bridgehead atoms. The van der Waals surface area contributed by atoms with Gasteiger partial charge in [0.1, 0.15) is 5.75 Å². The van der Waals surface area contributed by atoms with Crippen LogP contribution in [0.2, 0.25) is 10.0 Å². The molecule has 1 saturated heterocycles. The van der Waals surface area contributed by atoms with Crippen molar-refractivity contribution >= 4 is 29.0 Å². The van der Waals surface area contributed by atoms with Crippen molar-refractivity contribution in [3.63, 3.8) is 0 Å². The van der Waals surface area contributed by atoms with E-state index in [9.17, 15) is 4.79 Å². The smallest absolute Gasteiger partial charge is 0.170 e. The third-order valence-corrected chi connectivity index (χ3v) is 4.74. The lowest BCUT2D eigenvalue weighted by Gasteiger charge is -2.18. The van der Waals surface area contributed by atoms with Crippen LogP contribution in [-0.4, -0.2) is 24.6 Å². The number of ketones is 1. The van der Waals surface area contributed by atoms with E-state index in [4.69, 9.17) is 32.7 Å². The average molecular weight is 331 g/mol. The van der Waals surface area contributed by atoms with Gasteiger partial charge in [-0.15, -0.1) is 0 Å². The average Bonchev–Trinajstić information content (AvgIpc) is 2.67. The Morgan fingerprint density at radius 1 is 1.19 bits per heavy atom. The monoisotopic (exact) mass is 330 g/mol. The maximum atomic E-state index is 12.8. The molecule has 1 aliphatic heterocycles. The minimum absolute atomic E-state index is 0.0192. The molecule has 4 unspecified atom stereocenters. The fraction of sp³-hybridized carbons (Fsp3) is 0.562. The Labute approximate surface area is 135 Å². The van der Waals surface area contributed by atoms with E-state index in [-0.39, 0.29) is 29.8 Å². The molecule has 0 N–H and O–H groups in total. The molecule has 1 aliphatic rings. The number of ether oxygens (including phenoxy) is 2. The van der Waals surface area contributed by atoms with Crippen LogP contribution in [0.25, 0.3) is 0 Å². The number of carbonyl (C=O) groups excluding carboxylic acids is 1. The summed E-state index contributed by atoms with van der Waals surface area (Å²) in [4.78, 5) is 12.8. The number of benzene rings is 1. The normalized spacial score (nSPS) is 28.7. The number of Topliss-reactive ketones (excluding diaryl/α,β-unsaturated/α-hetero) is 1. The van der Waals surface area contributed by atoms with Crippen LogP contribution in [0.15, 0.2) is 12.1 Å². The first-order valence-electron chi connectivity index (χ1n) is 7.18. The molecule has 0 aromatic heterocycles. The second-order valence-corrected chi connectivity index (χ2v) is 6.31. The van der Waals surface area contributed by atoms with Gasteiger partial charge >= 0.3 is 0 Å². The Kier molecular flexibility index (Phi) is 5.18. The van der Waals surface area contributed by atoms with E-state index in [1.54, 1.807) is 12.1 Å². The van der Waals surface area contributed by atoms with Crippen molar-refractivity contribution in [2.45, 2.75) is 39.9 Å². The molecule has 1 aromatic carbocycles. The van der Waals surface area contributed by atoms with Crippen LogP contribution < -0.4 is 4.74 Å². The molecular weight excluding hydrogens is 311 g/mol. The summed E-state index contributed by atoms with van der Waals surface area (Å²) in [5.41, 5.74) is 0.437. The molecule has 4 atom stereocenters. The number of halogens is 2. The van der Waals surface area contributed by atoms with E-state index in [1.165, 1.54) is 0 Å². The van der Waals surface area contributed by atoms with E-state index in [0.29, 0.717) is 28.0 Å². The van der Waals surface area contributed by atoms with Crippen molar-refractivity contribution in [1.82, 2.24) is 0 Å². The molecule has 2 rings (SSSR count). The number of hydrogen-bond acceptors (Lipinski definition) is 3. The van der Waals surface area contributed by atoms with Gasteiger partial charge in [0.25, 0.3) is 0 Å². The molecule has 1 aromatic rings. The van der Waals surface area contributed by atoms with Crippen LogP contribution in [0, 0.1) is 11.8 Å². The van der Waals surface area contributed by atoms with Gasteiger partial charge in [0.05, 0.1) is 34.8 Å². The van der Waals surface area contributed by atoms with Gasteiger partial charge in [-0.2, -0.15) is 0 Å². The summed E-state index contributed by atoms with van der Waals surface area (Å²) in [5, 5.41) is 0.767. The Hall–Kier alpha value is -0.770. The summed E-state index contributed by atoms with van der Waals surface area (Å²) >= 11 is 12.4. The highest BCUT2D eigenvalue weighted by Gasteiger charge is 2.42. The predicted octanol–water partition coefficient (Wildman–Crippen LogP) is 4.63. The molecule has 0 spiro atoms. The van der Waals surface area contributed by atoms with Crippen LogP contribution >= 0.6 is 23.2 Å². The molecule has 0 radical (unpaired) electrons. The number of carbonyl (C=O) groups is 1. The second-order valence-electron chi connectivity index (χ2n) is 5.49. The first-order valence-corrected chi connectivity index (χ1v) is 7.93. The molecule has 5 heteroatoms. The van der Waals surface area contributed by atoms with Gasteiger partial charge in [0, 0.05) is 11.6 Å². The molecule has 0 saturated carbocycles. The molecule has 0 aliphatic carbocycles. The number of rotatable bonds is 4. The molecular formula is C16H20Cl2O3. The zero-order chi connectivity index (χ0) is 15.7. The maximum Gasteiger partial charge on any atom is 0.170 e. The summed E-state index contributed by atoms with van der Waals surface area (Å²) in [5.74, 6) is 0.424. The molecule has 0 amide bonds. The predicted molar refractivity (Wildman–Crippen MR) is 84.6 cm³/mol. The Balaban J connectivity index is 2.34.